The number of rotatable bonds is 6. The first-order chi connectivity index (χ1) is 11.2. The number of halogens is 1. The lowest BCUT2D eigenvalue weighted by atomic mass is 10.1. The number of anilines is 1. The Bertz CT molecular complexity index is 672. The molecule has 5 heteroatoms. The van der Waals surface area contributed by atoms with Crippen molar-refractivity contribution in [1.82, 2.24) is 10.6 Å². The zero-order valence-electron chi connectivity index (χ0n) is 12.8. The molecule has 0 aromatic heterocycles. The highest BCUT2D eigenvalue weighted by molar-refractivity contribution is 5.83. The fraction of sp³-hybridized carbons (Fsp3) is 0.278. The van der Waals surface area contributed by atoms with Crippen molar-refractivity contribution in [3.05, 3.63) is 65.5 Å². The number of hydrogen-bond donors (Lipinski definition) is 3. The van der Waals surface area contributed by atoms with E-state index in [1.54, 1.807) is 6.07 Å². The van der Waals surface area contributed by atoms with Crippen molar-refractivity contribution in [2.24, 2.45) is 0 Å². The molecule has 1 aliphatic rings. The molecule has 0 spiro atoms. The van der Waals surface area contributed by atoms with Crippen LogP contribution in [0.25, 0.3) is 0 Å². The van der Waals surface area contributed by atoms with Crippen LogP contribution < -0.4 is 16.0 Å². The lowest BCUT2D eigenvalue weighted by molar-refractivity contribution is -0.120. The summed E-state index contributed by atoms with van der Waals surface area (Å²) in [5.74, 6) is -0.139. The topological polar surface area (TPSA) is 53.2 Å². The van der Waals surface area contributed by atoms with Crippen molar-refractivity contribution in [3.8, 4) is 0 Å². The highest BCUT2D eigenvalue weighted by atomic mass is 19.1. The molecule has 3 rings (SSSR count). The van der Waals surface area contributed by atoms with Gasteiger partial charge in [0.2, 0.25) is 5.91 Å². The van der Waals surface area contributed by atoms with E-state index in [1.165, 1.54) is 12.1 Å². The SMILES string of the molecule is O=C1NCCC1NCc1ccc(NCc2cccc(F)c2)cc1. The van der Waals surface area contributed by atoms with Crippen molar-refractivity contribution in [3.63, 3.8) is 0 Å². The Labute approximate surface area is 135 Å². The average Bonchev–Trinajstić information content (AvgIpc) is 2.97. The van der Waals surface area contributed by atoms with Gasteiger partial charge in [-0.1, -0.05) is 24.3 Å². The van der Waals surface area contributed by atoms with E-state index in [0.717, 1.165) is 29.8 Å². The van der Waals surface area contributed by atoms with E-state index in [-0.39, 0.29) is 17.8 Å². The van der Waals surface area contributed by atoms with Gasteiger partial charge in [-0.25, -0.2) is 4.39 Å². The summed E-state index contributed by atoms with van der Waals surface area (Å²) in [4.78, 5) is 11.5. The first kappa shape index (κ1) is 15.5. The Morgan fingerprint density at radius 2 is 1.91 bits per heavy atom. The number of carbonyl (C=O) groups excluding carboxylic acids is 1. The lowest BCUT2D eigenvalue weighted by Gasteiger charge is -2.11. The standard InChI is InChI=1S/C18H20FN3O/c19-15-3-1-2-14(10-15)12-21-16-6-4-13(5-7-16)11-22-17-8-9-20-18(17)23/h1-7,10,17,21-22H,8-9,11-12H2,(H,20,23). The molecule has 2 aromatic carbocycles. The second-order valence-corrected chi connectivity index (χ2v) is 5.69. The number of benzene rings is 2. The van der Waals surface area contributed by atoms with E-state index in [2.05, 4.69) is 16.0 Å². The summed E-state index contributed by atoms with van der Waals surface area (Å²) < 4.78 is 13.1. The third-order valence-corrected chi connectivity index (χ3v) is 3.94. The lowest BCUT2D eigenvalue weighted by Crippen LogP contribution is -2.35. The van der Waals surface area contributed by atoms with Crippen molar-refractivity contribution >= 4 is 11.6 Å². The van der Waals surface area contributed by atoms with Crippen molar-refractivity contribution in [1.29, 1.82) is 0 Å². The van der Waals surface area contributed by atoms with Crippen LogP contribution in [0.3, 0.4) is 0 Å². The highest BCUT2D eigenvalue weighted by Gasteiger charge is 2.22. The zero-order chi connectivity index (χ0) is 16.1. The van der Waals surface area contributed by atoms with Gasteiger partial charge in [-0.3, -0.25) is 4.79 Å². The molecule has 120 valence electrons. The fourth-order valence-corrected chi connectivity index (χ4v) is 2.62. The molecule has 0 radical (unpaired) electrons. The maximum absolute atomic E-state index is 13.1. The molecule has 3 N–H and O–H groups in total. The smallest absolute Gasteiger partial charge is 0.237 e. The molecule has 1 aliphatic heterocycles. The predicted octanol–water partition coefficient (Wildman–Crippen LogP) is 2.42. The van der Waals surface area contributed by atoms with E-state index in [4.69, 9.17) is 0 Å². The van der Waals surface area contributed by atoms with Crippen molar-refractivity contribution in [2.75, 3.05) is 11.9 Å². The Hall–Kier alpha value is -2.40. The van der Waals surface area contributed by atoms with Crippen LogP contribution in [0, 0.1) is 5.82 Å². The second-order valence-electron chi connectivity index (χ2n) is 5.69. The first-order valence-corrected chi connectivity index (χ1v) is 7.79. The quantitative estimate of drug-likeness (QED) is 0.768. The monoisotopic (exact) mass is 313 g/mol. The molecule has 0 saturated carbocycles. The number of hydrogen-bond acceptors (Lipinski definition) is 3. The van der Waals surface area contributed by atoms with Gasteiger partial charge in [-0.2, -0.15) is 0 Å². The van der Waals surface area contributed by atoms with Gasteiger partial charge in [-0.05, 0) is 41.8 Å². The molecule has 1 heterocycles. The second kappa shape index (κ2) is 7.24. The molecule has 1 unspecified atom stereocenters. The van der Waals surface area contributed by atoms with Crippen LogP contribution in [0.15, 0.2) is 48.5 Å². The molecular formula is C18H20FN3O. The third kappa shape index (κ3) is 4.29. The Morgan fingerprint density at radius 1 is 1.09 bits per heavy atom. The molecule has 23 heavy (non-hydrogen) atoms. The van der Waals surface area contributed by atoms with Gasteiger partial charge in [0.15, 0.2) is 0 Å². The Kier molecular flexibility index (Phi) is 4.88. The number of carbonyl (C=O) groups is 1. The van der Waals surface area contributed by atoms with Gasteiger partial charge in [0, 0.05) is 25.3 Å². The molecule has 1 saturated heterocycles. The summed E-state index contributed by atoms with van der Waals surface area (Å²) in [6, 6.07) is 14.5. The van der Waals surface area contributed by atoms with Crippen LogP contribution in [-0.4, -0.2) is 18.5 Å². The molecule has 0 bridgehead atoms. The maximum Gasteiger partial charge on any atom is 0.237 e. The summed E-state index contributed by atoms with van der Waals surface area (Å²) >= 11 is 0. The van der Waals surface area contributed by atoms with E-state index in [9.17, 15) is 9.18 Å². The van der Waals surface area contributed by atoms with Gasteiger partial charge < -0.3 is 16.0 Å². The van der Waals surface area contributed by atoms with Gasteiger partial charge >= 0.3 is 0 Å². The molecule has 4 nitrogen and oxygen atoms in total. The minimum atomic E-state index is -0.221. The summed E-state index contributed by atoms with van der Waals surface area (Å²) in [6.07, 6.45) is 0.839. The van der Waals surface area contributed by atoms with E-state index < -0.39 is 0 Å². The van der Waals surface area contributed by atoms with Gasteiger partial charge in [0.05, 0.1) is 6.04 Å². The van der Waals surface area contributed by atoms with Crippen LogP contribution in [0.4, 0.5) is 10.1 Å². The third-order valence-electron chi connectivity index (χ3n) is 3.94. The van der Waals surface area contributed by atoms with Crippen LogP contribution in [0.5, 0.6) is 0 Å². The summed E-state index contributed by atoms with van der Waals surface area (Å²) in [5.41, 5.74) is 3.01. The average molecular weight is 313 g/mol. The largest absolute Gasteiger partial charge is 0.381 e. The van der Waals surface area contributed by atoms with Crippen LogP contribution >= 0.6 is 0 Å². The fourth-order valence-electron chi connectivity index (χ4n) is 2.62. The summed E-state index contributed by atoms with van der Waals surface area (Å²) in [6.45, 7) is 2.00. The van der Waals surface area contributed by atoms with Crippen LogP contribution in [0.2, 0.25) is 0 Å². The normalized spacial score (nSPS) is 17.1. The molecule has 0 aliphatic carbocycles. The first-order valence-electron chi connectivity index (χ1n) is 7.79. The van der Waals surface area contributed by atoms with Gasteiger partial charge in [-0.15, -0.1) is 0 Å². The van der Waals surface area contributed by atoms with Gasteiger partial charge in [0.1, 0.15) is 5.82 Å². The van der Waals surface area contributed by atoms with Gasteiger partial charge in [0.25, 0.3) is 0 Å². The Morgan fingerprint density at radius 3 is 2.61 bits per heavy atom. The summed E-state index contributed by atoms with van der Waals surface area (Å²) in [7, 11) is 0. The Balaban J connectivity index is 1.49. The maximum atomic E-state index is 13.1. The number of amides is 1. The number of nitrogens with one attached hydrogen (secondary N) is 3. The molecule has 1 atom stereocenters. The van der Waals surface area contributed by atoms with Crippen LogP contribution in [0.1, 0.15) is 17.5 Å². The van der Waals surface area contributed by atoms with Crippen molar-refractivity contribution in [2.45, 2.75) is 25.6 Å². The zero-order valence-corrected chi connectivity index (χ0v) is 12.8. The predicted molar refractivity (Wildman–Crippen MR) is 88.4 cm³/mol. The summed E-state index contributed by atoms with van der Waals surface area (Å²) in [5, 5.41) is 9.34. The minimum Gasteiger partial charge on any atom is -0.381 e. The molecule has 2 aromatic rings. The van der Waals surface area contributed by atoms with E-state index in [0.29, 0.717) is 13.1 Å². The highest BCUT2D eigenvalue weighted by Crippen LogP contribution is 2.12. The van der Waals surface area contributed by atoms with Crippen LogP contribution in [-0.2, 0) is 17.9 Å². The molecular weight excluding hydrogens is 293 g/mol. The molecule has 1 fully saturated rings. The molecule has 1 amide bonds. The van der Waals surface area contributed by atoms with Crippen molar-refractivity contribution < 1.29 is 9.18 Å². The van der Waals surface area contributed by atoms with E-state index >= 15 is 0 Å². The minimum absolute atomic E-state index is 0.0818. The van der Waals surface area contributed by atoms with E-state index in [1.807, 2.05) is 30.3 Å².